The molecule has 0 unspecified atom stereocenters. The van der Waals surface area contributed by atoms with Crippen LogP contribution in [-0.4, -0.2) is 33.7 Å². The van der Waals surface area contributed by atoms with Crippen LogP contribution in [0.5, 0.6) is 11.5 Å². The van der Waals surface area contributed by atoms with E-state index in [1.54, 1.807) is 12.1 Å². The van der Waals surface area contributed by atoms with Crippen LogP contribution in [0.25, 0.3) is 0 Å². The van der Waals surface area contributed by atoms with Crippen molar-refractivity contribution in [2.75, 3.05) is 19.0 Å². The Hall–Kier alpha value is -3.46. The van der Waals surface area contributed by atoms with Crippen molar-refractivity contribution >= 4 is 26.1 Å². The zero-order chi connectivity index (χ0) is 32.3. The van der Waals surface area contributed by atoms with Gasteiger partial charge in [0.25, 0.3) is 0 Å². The van der Waals surface area contributed by atoms with Crippen LogP contribution in [-0.2, 0) is 20.2 Å². The Bertz CT molecular complexity index is 1570. The second kappa shape index (κ2) is 12.9. The Balaban J connectivity index is 1.98. The molecule has 236 valence electrons. The van der Waals surface area contributed by atoms with Gasteiger partial charge >= 0.3 is 10.1 Å². The number of benzene rings is 4. The van der Waals surface area contributed by atoms with Crippen LogP contribution in [0.4, 0.5) is 5.69 Å². The molecule has 0 aliphatic carbocycles. The molecule has 0 atom stereocenters. The molecular formula is C36H45NO5S2. The first-order chi connectivity index (χ1) is 20.5. The molecule has 0 radical (unpaired) electrons. The van der Waals surface area contributed by atoms with Gasteiger partial charge in [-0.3, -0.25) is 0 Å². The number of nitrogens with zero attached hydrogens (tertiary/aromatic N) is 1. The fraction of sp³-hybridized carbons (Fsp3) is 0.333. The van der Waals surface area contributed by atoms with Gasteiger partial charge in [0.2, 0.25) is 0 Å². The second-order valence-corrected chi connectivity index (χ2v) is 17.3. The van der Waals surface area contributed by atoms with Crippen molar-refractivity contribution in [1.29, 1.82) is 0 Å². The van der Waals surface area contributed by atoms with Crippen LogP contribution >= 0.6 is 10.3 Å². The molecule has 0 fully saturated rings. The van der Waals surface area contributed by atoms with E-state index < -0.39 is 20.4 Å². The van der Waals surface area contributed by atoms with Crippen molar-refractivity contribution < 1.29 is 21.5 Å². The maximum Gasteiger partial charge on any atom is 0.307 e. The van der Waals surface area contributed by atoms with Crippen molar-refractivity contribution in [3.05, 3.63) is 103 Å². The Morgan fingerprint density at radius 2 is 0.932 bits per heavy atom. The summed E-state index contributed by atoms with van der Waals surface area (Å²) in [6, 6.07) is 29.9. The third kappa shape index (κ3) is 7.97. The molecule has 4 aromatic carbocycles. The van der Waals surface area contributed by atoms with Crippen LogP contribution in [0.1, 0.15) is 54.0 Å². The molecular weight excluding hydrogens is 591 g/mol. The normalized spacial score (nSPS) is 12.9. The number of hydrogen-bond donors (Lipinski definition) is 0. The summed E-state index contributed by atoms with van der Waals surface area (Å²) >= 11 is 0. The first-order valence-electron chi connectivity index (χ1n) is 14.8. The number of ether oxygens (including phenoxy) is 2. The van der Waals surface area contributed by atoms with E-state index in [4.69, 9.17) is 13.1 Å². The molecule has 0 aliphatic heterocycles. The minimum atomic E-state index is -4.23. The average Bonchev–Trinajstić information content (AvgIpc) is 2.95. The minimum Gasteiger partial charge on any atom is -0.488 e. The van der Waals surface area contributed by atoms with Crippen LogP contribution in [0.2, 0.25) is 0 Å². The molecule has 0 aliphatic rings. The van der Waals surface area contributed by atoms with Crippen molar-refractivity contribution in [1.82, 2.24) is 0 Å². The van der Waals surface area contributed by atoms with Crippen molar-refractivity contribution in [2.45, 2.75) is 85.7 Å². The summed E-state index contributed by atoms with van der Waals surface area (Å²) in [5.74, 6) is 1.37. The van der Waals surface area contributed by atoms with Gasteiger partial charge in [-0.25, -0.2) is 3.63 Å². The van der Waals surface area contributed by atoms with Gasteiger partial charge in [0.1, 0.15) is 22.7 Å². The molecule has 0 saturated heterocycles. The lowest BCUT2D eigenvalue weighted by molar-refractivity contribution is 0.130. The van der Waals surface area contributed by atoms with Gasteiger partial charge in [-0.1, -0.05) is 19.1 Å². The maximum atomic E-state index is 14.2. The highest BCUT2D eigenvalue weighted by Crippen LogP contribution is 2.70. The van der Waals surface area contributed by atoms with Gasteiger partial charge < -0.3 is 14.4 Å². The third-order valence-electron chi connectivity index (χ3n) is 6.66. The molecule has 4 rings (SSSR count). The highest BCUT2D eigenvalue weighted by Gasteiger charge is 2.39. The predicted octanol–water partition coefficient (Wildman–Crippen LogP) is 9.27. The van der Waals surface area contributed by atoms with E-state index in [9.17, 15) is 8.42 Å². The van der Waals surface area contributed by atoms with E-state index in [0.29, 0.717) is 11.5 Å². The summed E-state index contributed by atoms with van der Waals surface area (Å²) < 4.78 is 47.2. The fourth-order valence-corrected chi connectivity index (χ4v) is 9.81. The Morgan fingerprint density at radius 1 is 0.568 bits per heavy atom. The Kier molecular flexibility index (Phi) is 9.78. The number of rotatable bonds is 10. The first-order valence-corrected chi connectivity index (χ1v) is 17.7. The van der Waals surface area contributed by atoms with Gasteiger partial charge in [0.05, 0.1) is 4.90 Å². The number of aryl methyl sites for hydroxylation is 1. The molecule has 0 aromatic heterocycles. The van der Waals surface area contributed by atoms with Crippen LogP contribution in [0, 0.1) is 0 Å². The van der Waals surface area contributed by atoms with Crippen molar-refractivity contribution in [2.24, 2.45) is 0 Å². The fourth-order valence-electron chi connectivity index (χ4n) is 4.63. The van der Waals surface area contributed by atoms with Crippen LogP contribution < -0.4 is 14.4 Å². The molecule has 0 spiro atoms. The zero-order valence-corrected chi connectivity index (χ0v) is 28.9. The van der Waals surface area contributed by atoms with Crippen LogP contribution in [0.3, 0.4) is 0 Å². The van der Waals surface area contributed by atoms with E-state index in [1.165, 1.54) is 0 Å². The SMILES string of the molecule is CCc1ccc(S(=O)(=O)OS(c2ccc(OC(C)(C)C)cc2)(c2ccc(OC(C)(C)C)cc2)c2ccc(N(C)C)cc2)cc1. The molecule has 44 heavy (non-hydrogen) atoms. The standard InChI is InChI=1S/C36H45NO5S2/c1-10-27-11-19-34(20-12-27)44(38,39)42-43(31-21-13-28(14-22-31)37(8)9,32-23-15-29(16-24-32)40-35(2,3)4)33-25-17-30(18-26-33)41-36(5,6)7/h11-26H,10H2,1-9H3. The van der Waals surface area contributed by atoms with E-state index >= 15 is 0 Å². The molecule has 0 heterocycles. The summed E-state index contributed by atoms with van der Waals surface area (Å²) in [6.45, 7) is 14.0. The predicted molar refractivity (Wildman–Crippen MR) is 181 cm³/mol. The molecule has 0 amide bonds. The van der Waals surface area contributed by atoms with Gasteiger partial charge in [-0.05, 0) is 149 Å². The second-order valence-electron chi connectivity index (χ2n) is 12.8. The highest BCUT2D eigenvalue weighted by molar-refractivity contribution is 8.33. The van der Waals surface area contributed by atoms with E-state index in [2.05, 4.69) is 0 Å². The Morgan fingerprint density at radius 3 is 1.27 bits per heavy atom. The third-order valence-corrected chi connectivity index (χ3v) is 11.8. The lowest BCUT2D eigenvalue weighted by Gasteiger charge is -2.40. The lowest BCUT2D eigenvalue weighted by atomic mass is 10.2. The topological polar surface area (TPSA) is 65.1 Å². The average molecular weight is 636 g/mol. The number of hydrogen-bond acceptors (Lipinski definition) is 6. The first kappa shape index (κ1) is 33.4. The van der Waals surface area contributed by atoms with Crippen LogP contribution in [0.15, 0.2) is 117 Å². The summed E-state index contributed by atoms with van der Waals surface area (Å²) in [7, 11) is -3.12. The van der Waals surface area contributed by atoms with E-state index in [1.807, 2.05) is 152 Å². The number of anilines is 1. The van der Waals surface area contributed by atoms with Gasteiger partial charge in [0.15, 0.2) is 0 Å². The zero-order valence-electron chi connectivity index (χ0n) is 27.2. The molecule has 4 aromatic rings. The molecule has 8 heteroatoms. The Labute approximate surface area is 265 Å². The van der Waals surface area contributed by atoms with Gasteiger partial charge in [0, 0.05) is 34.5 Å². The molecule has 0 N–H and O–H groups in total. The van der Waals surface area contributed by atoms with E-state index in [-0.39, 0.29) is 16.1 Å². The highest BCUT2D eigenvalue weighted by atomic mass is 32.3. The van der Waals surface area contributed by atoms with Gasteiger partial charge in [-0.15, -0.1) is 0 Å². The smallest absolute Gasteiger partial charge is 0.307 e. The van der Waals surface area contributed by atoms with Gasteiger partial charge in [-0.2, -0.15) is 8.42 Å². The molecule has 6 nitrogen and oxygen atoms in total. The quantitative estimate of drug-likeness (QED) is 0.173. The monoisotopic (exact) mass is 635 g/mol. The maximum absolute atomic E-state index is 14.2. The van der Waals surface area contributed by atoms with Crippen molar-refractivity contribution in [3.8, 4) is 11.5 Å². The molecule has 0 saturated carbocycles. The largest absolute Gasteiger partial charge is 0.488 e. The summed E-state index contributed by atoms with van der Waals surface area (Å²) in [5, 5.41) is 0. The molecule has 0 bridgehead atoms. The summed E-state index contributed by atoms with van der Waals surface area (Å²) in [4.78, 5) is 4.29. The van der Waals surface area contributed by atoms with E-state index in [0.717, 1.165) is 32.4 Å². The minimum absolute atomic E-state index is 0.108. The summed E-state index contributed by atoms with van der Waals surface area (Å²) in [5.41, 5.74) is 1.26. The lowest BCUT2D eigenvalue weighted by Crippen LogP contribution is -2.23. The van der Waals surface area contributed by atoms with Crippen molar-refractivity contribution in [3.63, 3.8) is 0 Å². The summed E-state index contributed by atoms with van der Waals surface area (Å²) in [6.07, 6.45) is 0.806.